The van der Waals surface area contributed by atoms with Crippen molar-refractivity contribution in [2.75, 3.05) is 0 Å². The fourth-order valence-corrected chi connectivity index (χ4v) is 3.74. The molecule has 98 valence electrons. The number of rotatable bonds is 1. The minimum Gasteiger partial charge on any atom is -0.389 e. The lowest BCUT2D eigenvalue weighted by atomic mass is 9.67. The molecule has 0 radical (unpaired) electrons. The normalized spacial score (nSPS) is 36.1. The van der Waals surface area contributed by atoms with Crippen LogP contribution in [0.3, 0.4) is 0 Å². The highest BCUT2D eigenvalue weighted by molar-refractivity contribution is 5.28. The summed E-state index contributed by atoms with van der Waals surface area (Å²) in [4.78, 5) is 4.58. The SMILES string of the molecule is CC1CCC(O)(C2CCCc3cccnc32)CC1. The Balaban J connectivity index is 1.89. The van der Waals surface area contributed by atoms with Crippen LogP contribution in [0.25, 0.3) is 0 Å². The maximum absolute atomic E-state index is 11.0. The predicted octanol–water partition coefficient (Wildman–Crippen LogP) is 3.44. The molecular formula is C16H23NO. The summed E-state index contributed by atoms with van der Waals surface area (Å²) in [6, 6.07) is 4.21. The van der Waals surface area contributed by atoms with Crippen molar-refractivity contribution in [3.8, 4) is 0 Å². The fourth-order valence-electron chi connectivity index (χ4n) is 3.74. The Kier molecular flexibility index (Phi) is 3.14. The van der Waals surface area contributed by atoms with E-state index in [-0.39, 0.29) is 5.92 Å². The molecule has 0 aromatic carbocycles. The summed E-state index contributed by atoms with van der Waals surface area (Å²) in [6.07, 6.45) is 9.54. The molecule has 1 heterocycles. The Bertz CT molecular complexity index is 421. The number of aryl methyl sites for hydroxylation is 1. The van der Waals surface area contributed by atoms with Crippen molar-refractivity contribution in [1.82, 2.24) is 4.98 Å². The Hall–Kier alpha value is -0.890. The topological polar surface area (TPSA) is 33.1 Å². The molecule has 0 bridgehead atoms. The molecule has 1 aromatic heterocycles. The van der Waals surface area contributed by atoms with Gasteiger partial charge in [-0.05, 0) is 62.5 Å². The molecule has 18 heavy (non-hydrogen) atoms. The van der Waals surface area contributed by atoms with Crippen LogP contribution in [0.15, 0.2) is 18.3 Å². The van der Waals surface area contributed by atoms with Crippen molar-refractivity contribution in [2.45, 2.75) is 63.4 Å². The summed E-state index contributed by atoms with van der Waals surface area (Å²) in [5.74, 6) is 1.05. The van der Waals surface area contributed by atoms with Gasteiger partial charge < -0.3 is 5.11 Å². The van der Waals surface area contributed by atoms with Crippen LogP contribution in [0.4, 0.5) is 0 Å². The first-order valence-corrected chi connectivity index (χ1v) is 7.35. The van der Waals surface area contributed by atoms with Gasteiger partial charge in [0.25, 0.3) is 0 Å². The molecule has 2 aliphatic carbocycles. The van der Waals surface area contributed by atoms with Crippen LogP contribution in [0.2, 0.25) is 0 Å². The number of hydrogen-bond donors (Lipinski definition) is 1. The van der Waals surface area contributed by atoms with Gasteiger partial charge in [0, 0.05) is 17.8 Å². The molecule has 1 saturated carbocycles. The zero-order valence-corrected chi connectivity index (χ0v) is 11.2. The lowest BCUT2D eigenvalue weighted by molar-refractivity contribution is -0.0370. The molecule has 0 aliphatic heterocycles. The number of pyridine rings is 1. The molecule has 1 atom stereocenters. The lowest BCUT2D eigenvalue weighted by Gasteiger charge is -2.42. The van der Waals surface area contributed by atoms with E-state index < -0.39 is 5.60 Å². The Labute approximate surface area is 109 Å². The highest BCUT2D eigenvalue weighted by Gasteiger charge is 2.42. The quantitative estimate of drug-likeness (QED) is 0.822. The molecule has 0 amide bonds. The van der Waals surface area contributed by atoms with E-state index in [1.807, 2.05) is 12.3 Å². The van der Waals surface area contributed by atoms with Crippen molar-refractivity contribution in [2.24, 2.45) is 5.92 Å². The van der Waals surface area contributed by atoms with Crippen molar-refractivity contribution in [3.05, 3.63) is 29.6 Å². The molecule has 1 aromatic rings. The number of aliphatic hydroxyl groups is 1. The highest BCUT2D eigenvalue weighted by Crippen LogP contribution is 2.46. The van der Waals surface area contributed by atoms with Gasteiger partial charge in [-0.25, -0.2) is 0 Å². The van der Waals surface area contributed by atoms with Crippen LogP contribution in [-0.2, 0) is 6.42 Å². The maximum Gasteiger partial charge on any atom is 0.0731 e. The van der Waals surface area contributed by atoms with E-state index in [0.29, 0.717) is 0 Å². The van der Waals surface area contributed by atoms with Crippen molar-refractivity contribution < 1.29 is 5.11 Å². The third-order valence-electron chi connectivity index (χ3n) is 4.98. The molecule has 2 aliphatic rings. The molecule has 3 rings (SSSR count). The minimum absolute atomic E-state index is 0.273. The minimum atomic E-state index is -0.490. The monoisotopic (exact) mass is 245 g/mol. The lowest BCUT2D eigenvalue weighted by Crippen LogP contribution is -2.41. The number of aromatic nitrogens is 1. The van der Waals surface area contributed by atoms with Gasteiger partial charge in [0.2, 0.25) is 0 Å². The van der Waals surface area contributed by atoms with Crippen molar-refractivity contribution in [3.63, 3.8) is 0 Å². The van der Waals surface area contributed by atoms with E-state index in [4.69, 9.17) is 0 Å². The van der Waals surface area contributed by atoms with E-state index in [2.05, 4.69) is 18.0 Å². The molecule has 1 N–H and O–H groups in total. The predicted molar refractivity (Wildman–Crippen MR) is 72.5 cm³/mol. The molecule has 0 saturated heterocycles. The first-order chi connectivity index (χ1) is 8.69. The summed E-state index contributed by atoms with van der Waals surface area (Å²) >= 11 is 0. The van der Waals surface area contributed by atoms with Crippen LogP contribution in [0, 0.1) is 5.92 Å². The Morgan fingerprint density at radius 1 is 1.28 bits per heavy atom. The van der Waals surface area contributed by atoms with Gasteiger partial charge >= 0.3 is 0 Å². The molecule has 1 unspecified atom stereocenters. The van der Waals surface area contributed by atoms with E-state index >= 15 is 0 Å². The summed E-state index contributed by atoms with van der Waals surface area (Å²) in [5, 5.41) is 11.0. The van der Waals surface area contributed by atoms with Gasteiger partial charge in [0.1, 0.15) is 0 Å². The van der Waals surface area contributed by atoms with Crippen LogP contribution >= 0.6 is 0 Å². The molecule has 0 spiro atoms. The molecular weight excluding hydrogens is 222 g/mol. The third kappa shape index (κ3) is 2.07. The molecule has 1 fully saturated rings. The standard InChI is InChI=1S/C16H23NO/c1-12-7-9-16(18,10-8-12)14-6-2-4-13-5-3-11-17-15(13)14/h3,5,11-12,14,18H,2,4,6-10H2,1H3. The number of nitrogens with zero attached hydrogens (tertiary/aromatic N) is 1. The summed E-state index contributed by atoms with van der Waals surface area (Å²) in [6.45, 7) is 2.30. The first kappa shape index (κ1) is 12.2. The largest absolute Gasteiger partial charge is 0.389 e. The van der Waals surface area contributed by atoms with Crippen LogP contribution in [-0.4, -0.2) is 15.7 Å². The second kappa shape index (κ2) is 4.65. The summed E-state index contributed by atoms with van der Waals surface area (Å²) in [7, 11) is 0. The van der Waals surface area contributed by atoms with Crippen LogP contribution in [0.1, 0.15) is 62.6 Å². The van der Waals surface area contributed by atoms with E-state index in [1.165, 1.54) is 17.7 Å². The van der Waals surface area contributed by atoms with Crippen molar-refractivity contribution in [1.29, 1.82) is 0 Å². The molecule has 2 heteroatoms. The molecule has 2 nitrogen and oxygen atoms in total. The Morgan fingerprint density at radius 3 is 2.83 bits per heavy atom. The summed E-state index contributed by atoms with van der Waals surface area (Å²) < 4.78 is 0. The van der Waals surface area contributed by atoms with Gasteiger partial charge in [-0.2, -0.15) is 0 Å². The van der Waals surface area contributed by atoms with E-state index in [0.717, 1.165) is 44.4 Å². The van der Waals surface area contributed by atoms with E-state index in [1.54, 1.807) is 0 Å². The second-order valence-electron chi connectivity index (χ2n) is 6.28. The maximum atomic E-state index is 11.0. The zero-order chi connectivity index (χ0) is 12.6. The second-order valence-corrected chi connectivity index (χ2v) is 6.28. The zero-order valence-electron chi connectivity index (χ0n) is 11.2. The van der Waals surface area contributed by atoms with Crippen molar-refractivity contribution >= 4 is 0 Å². The fraction of sp³-hybridized carbons (Fsp3) is 0.688. The van der Waals surface area contributed by atoms with Gasteiger partial charge in [-0.3, -0.25) is 4.98 Å². The van der Waals surface area contributed by atoms with Gasteiger partial charge in [-0.1, -0.05) is 13.0 Å². The number of hydrogen-bond acceptors (Lipinski definition) is 2. The van der Waals surface area contributed by atoms with Gasteiger partial charge in [0.15, 0.2) is 0 Å². The average molecular weight is 245 g/mol. The third-order valence-corrected chi connectivity index (χ3v) is 4.98. The number of fused-ring (bicyclic) bond motifs is 1. The summed E-state index contributed by atoms with van der Waals surface area (Å²) in [5.41, 5.74) is 2.05. The van der Waals surface area contributed by atoms with Crippen LogP contribution in [0.5, 0.6) is 0 Å². The van der Waals surface area contributed by atoms with Gasteiger partial charge in [0.05, 0.1) is 5.60 Å². The van der Waals surface area contributed by atoms with E-state index in [9.17, 15) is 5.11 Å². The smallest absolute Gasteiger partial charge is 0.0731 e. The average Bonchev–Trinajstić information content (AvgIpc) is 2.42. The first-order valence-electron chi connectivity index (χ1n) is 7.35. The highest BCUT2D eigenvalue weighted by atomic mass is 16.3. The van der Waals surface area contributed by atoms with Crippen LogP contribution < -0.4 is 0 Å². The van der Waals surface area contributed by atoms with Gasteiger partial charge in [-0.15, -0.1) is 0 Å². The Morgan fingerprint density at radius 2 is 2.06 bits per heavy atom.